The lowest BCUT2D eigenvalue weighted by Gasteiger charge is -2.33. The van der Waals surface area contributed by atoms with Gasteiger partial charge in [0.25, 0.3) is 0 Å². The van der Waals surface area contributed by atoms with Crippen LogP contribution in [0.5, 0.6) is 0 Å². The number of benzene rings is 2. The molecule has 214 valence electrons. The molecule has 42 heavy (non-hydrogen) atoms. The molecule has 10 nitrogen and oxygen atoms in total. The maximum atomic E-state index is 15.4. The molecule has 2 N–H and O–H groups in total. The van der Waals surface area contributed by atoms with Crippen molar-refractivity contribution in [3.63, 3.8) is 0 Å². The quantitative estimate of drug-likeness (QED) is 0.308. The van der Waals surface area contributed by atoms with Gasteiger partial charge in [-0.2, -0.15) is 4.68 Å². The third kappa shape index (κ3) is 4.67. The number of carbonyl (C=O) groups is 2. The minimum atomic E-state index is -0.610. The lowest BCUT2D eigenvalue weighted by Crippen LogP contribution is -2.39. The van der Waals surface area contributed by atoms with Gasteiger partial charge in [0.05, 0.1) is 34.3 Å². The van der Waals surface area contributed by atoms with E-state index in [4.69, 9.17) is 11.6 Å². The van der Waals surface area contributed by atoms with E-state index in [1.807, 2.05) is 29.2 Å². The van der Waals surface area contributed by atoms with Crippen LogP contribution in [0.1, 0.15) is 62.4 Å². The molecule has 4 heterocycles. The van der Waals surface area contributed by atoms with Crippen molar-refractivity contribution in [1.29, 1.82) is 0 Å². The van der Waals surface area contributed by atoms with Gasteiger partial charge in [-0.25, -0.2) is 9.37 Å². The van der Waals surface area contributed by atoms with Crippen LogP contribution in [-0.4, -0.2) is 52.9 Å². The molecule has 0 bridgehead atoms. The number of fused-ring (bicyclic) bond motifs is 1. The number of tetrazole rings is 1. The van der Waals surface area contributed by atoms with Gasteiger partial charge in [0, 0.05) is 29.2 Å². The average Bonchev–Trinajstić information content (AvgIpc) is 3.81. The van der Waals surface area contributed by atoms with E-state index in [0.29, 0.717) is 29.9 Å². The highest BCUT2D eigenvalue weighted by molar-refractivity contribution is 6.31. The first-order valence-electron chi connectivity index (χ1n) is 14.2. The number of rotatable bonds is 6. The summed E-state index contributed by atoms with van der Waals surface area (Å²) < 4.78 is 16.8. The molecule has 2 aromatic heterocycles. The first-order valence-corrected chi connectivity index (χ1v) is 14.6. The zero-order chi connectivity index (χ0) is 28.8. The molecule has 12 heteroatoms. The van der Waals surface area contributed by atoms with Gasteiger partial charge in [-0.15, -0.1) is 5.10 Å². The van der Waals surface area contributed by atoms with E-state index in [1.54, 1.807) is 12.3 Å². The smallest absolute Gasteiger partial charge is 0.247 e. The summed E-state index contributed by atoms with van der Waals surface area (Å²) in [7, 11) is 0. The number of amides is 2. The van der Waals surface area contributed by atoms with Gasteiger partial charge in [0.15, 0.2) is 5.82 Å². The van der Waals surface area contributed by atoms with Crippen LogP contribution in [0.15, 0.2) is 55.0 Å². The summed E-state index contributed by atoms with van der Waals surface area (Å²) in [6, 6.07) is 10.4. The maximum Gasteiger partial charge on any atom is 0.247 e. The van der Waals surface area contributed by atoms with E-state index < -0.39 is 5.82 Å². The first-order chi connectivity index (χ1) is 20.5. The van der Waals surface area contributed by atoms with Crippen LogP contribution in [0, 0.1) is 11.7 Å². The average molecular weight is 587 g/mol. The monoisotopic (exact) mass is 586 g/mol. The molecule has 0 spiro atoms. The summed E-state index contributed by atoms with van der Waals surface area (Å²) in [6.07, 6.45) is 10.5. The topological polar surface area (TPSA) is 122 Å². The number of para-hydroxylation sites is 1. The zero-order valence-corrected chi connectivity index (χ0v) is 23.4. The van der Waals surface area contributed by atoms with E-state index in [-0.39, 0.29) is 40.4 Å². The molecule has 3 aliphatic rings. The molecule has 2 aliphatic heterocycles. The van der Waals surface area contributed by atoms with Crippen molar-refractivity contribution in [2.24, 2.45) is 5.92 Å². The highest BCUT2D eigenvalue weighted by atomic mass is 35.5. The van der Waals surface area contributed by atoms with Gasteiger partial charge in [-0.3, -0.25) is 9.59 Å². The minimum absolute atomic E-state index is 0.0373. The number of carbonyl (C=O) groups excluding carboxylic acids is 2. The largest absolute Gasteiger partial charge is 0.340 e. The normalized spacial score (nSPS) is 20.6. The van der Waals surface area contributed by atoms with E-state index in [9.17, 15) is 9.59 Å². The number of nitrogens with zero attached hydrogens (tertiary/aromatic N) is 6. The summed E-state index contributed by atoms with van der Waals surface area (Å²) in [5.41, 5.74) is 3.54. The second kappa shape index (κ2) is 10.8. The second-order valence-electron chi connectivity index (χ2n) is 11.1. The zero-order valence-electron chi connectivity index (χ0n) is 22.6. The molecule has 4 aromatic rings. The molecule has 2 fully saturated rings. The fraction of sp³-hybridized carbons (Fsp3) is 0.333. The molecule has 2 atom stereocenters. The standard InChI is InChI=1S/C30H28ClFN8O2/c31-21-10-12-24(39-16-34-37-38-39)27(28(21)32)18-13-19-9-11-25(40(19)26(41)14-18)29-33-15-23(35-29)20-7-3-4-8-22(20)36-30(42)17-5-1-2-6-17/h3-4,7-8,10,12,14-17,19,25H,1-2,5-6,9,11,13H2,(H,33,35)(H,36,42)/t19?,25-/m0/s1. The number of halogens is 2. The van der Waals surface area contributed by atoms with Crippen LogP contribution in [0.2, 0.25) is 5.02 Å². The van der Waals surface area contributed by atoms with Crippen LogP contribution in [0.4, 0.5) is 10.1 Å². The molecular formula is C30H28ClFN8O2. The SMILES string of the molecule is O=C(Nc1ccccc1-c1cnc([C@@H]2CCC3CC(c4c(-n5cnnn5)ccc(Cl)c4F)=CC(=O)N32)[nH]1)C1CCCC1. The van der Waals surface area contributed by atoms with Crippen molar-refractivity contribution < 1.29 is 14.0 Å². The van der Waals surface area contributed by atoms with Gasteiger partial charge in [0.1, 0.15) is 12.2 Å². The Labute approximate surface area is 246 Å². The Morgan fingerprint density at radius 3 is 2.74 bits per heavy atom. The van der Waals surface area contributed by atoms with Crippen LogP contribution in [-0.2, 0) is 9.59 Å². The Balaban J connectivity index is 1.15. The van der Waals surface area contributed by atoms with Crippen LogP contribution >= 0.6 is 11.6 Å². The molecule has 2 amide bonds. The summed E-state index contributed by atoms with van der Waals surface area (Å²) in [5, 5.41) is 14.3. The Bertz CT molecular complexity index is 1690. The van der Waals surface area contributed by atoms with Crippen molar-refractivity contribution in [1.82, 2.24) is 35.1 Å². The van der Waals surface area contributed by atoms with E-state index >= 15 is 4.39 Å². The molecule has 1 aliphatic carbocycles. The summed E-state index contributed by atoms with van der Waals surface area (Å²) in [5.74, 6) is -0.0376. The number of H-pyrrole nitrogens is 1. The van der Waals surface area contributed by atoms with Crippen molar-refractivity contribution in [3.8, 4) is 16.9 Å². The van der Waals surface area contributed by atoms with Crippen LogP contribution in [0.25, 0.3) is 22.5 Å². The molecule has 1 saturated carbocycles. The van der Waals surface area contributed by atoms with Gasteiger partial charge >= 0.3 is 0 Å². The Hall–Kier alpha value is -4.38. The van der Waals surface area contributed by atoms with E-state index in [2.05, 4.69) is 30.8 Å². The van der Waals surface area contributed by atoms with Crippen molar-refractivity contribution in [3.05, 3.63) is 77.2 Å². The number of nitrogens with one attached hydrogen (secondary N) is 2. The molecular weight excluding hydrogens is 559 g/mol. The predicted octanol–water partition coefficient (Wildman–Crippen LogP) is 5.49. The highest BCUT2D eigenvalue weighted by Crippen LogP contribution is 2.44. The number of aromatic amines is 1. The van der Waals surface area contributed by atoms with E-state index in [0.717, 1.165) is 49.0 Å². The van der Waals surface area contributed by atoms with Crippen LogP contribution in [0.3, 0.4) is 0 Å². The minimum Gasteiger partial charge on any atom is -0.340 e. The summed E-state index contributed by atoms with van der Waals surface area (Å²) >= 11 is 6.15. The second-order valence-corrected chi connectivity index (χ2v) is 11.5. The third-order valence-electron chi connectivity index (χ3n) is 8.61. The first kappa shape index (κ1) is 26.5. The predicted molar refractivity (Wildman–Crippen MR) is 154 cm³/mol. The highest BCUT2D eigenvalue weighted by Gasteiger charge is 2.42. The number of hydrogen-bond donors (Lipinski definition) is 2. The molecule has 1 saturated heterocycles. The Morgan fingerprint density at radius 1 is 1.10 bits per heavy atom. The van der Waals surface area contributed by atoms with E-state index in [1.165, 1.54) is 23.2 Å². The molecule has 0 radical (unpaired) electrons. The van der Waals surface area contributed by atoms with Gasteiger partial charge < -0.3 is 15.2 Å². The lowest BCUT2D eigenvalue weighted by molar-refractivity contribution is -0.129. The number of hydrogen-bond acceptors (Lipinski definition) is 6. The third-order valence-corrected chi connectivity index (χ3v) is 8.90. The van der Waals surface area contributed by atoms with Gasteiger partial charge in [0.2, 0.25) is 11.8 Å². The summed E-state index contributed by atoms with van der Waals surface area (Å²) in [4.78, 5) is 36.3. The van der Waals surface area contributed by atoms with Crippen molar-refractivity contribution in [2.45, 2.75) is 57.0 Å². The maximum absolute atomic E-state index is 15.4. The molecule has 1 unspecified atom stereocenters. The molecule has 2 aromatic carbocycles. The van der Waals surface area contributed by atoms with Gasteiger partial charge in [-0.05, 0) is 66.3 Å². The lowest BCUT2D eigenvalue weighted by atomic mass is 9.92. The van der Waals surface area contributed by atoms with Crippen LogP contribution < -0.4 is 5.32 Å². The van der Waals surface area contributed by atoms with Crippen molar-refractivity contribution >= 4 is 34.7 Å². The Morgan fingerprint density at radius 2 is 1.93 bits per heavy atom. The Kier molecular flexibility index (Phi) is 6.81. The summed E-state index contributed by atoms with van der Waals surface area (Å²) in [6.45, 7) is 0. The number of imidazole rings is 1. The number of anilines is 1. The molecule has 7 rings (SSSR count). The fourth-order valence-corrected chi connectivity index (χ4v) is 6.75. The fourth-order valence-electron chi connectivity index (χ4n) is 6.60. The number of aromatic nitrogens is 6. The van der Waals surface area contributed by atoms with Gasteiger partial charge in [-0.1, -0.05) is 42.6 Å². The van der Waals surface area contributed by atoms with Crippen molar-refractivity contribution in [2.75, 3.05) is 5.32 Å².